The van der Waals surface area contributed by atoms with Crippen molar-refractivity contribution in [3.8, 4) is 0 Å². The number of rotatable bonds is 1. The number of benzene rings is 1. The third kappa shape index (κ3) is 1.77. The largest absolute Gasteiger partial charge is 0.545 e. The molecule has 0 saturated carbocycles. The Balaban J connectivity index is 2.08. The Morgan fingerprint density at radius 1 is 1.19 bits per heavy atom. The van der Waals surface area contributed by atoms with Crippen LogP contribution in [-0.4, -0.2) is 19.1 Å². The van der Waals surface area contributed by atoms with E-state index in [9.17, 15) is 14.7 Å². The molecule has 2 aliphatic rings. The summed E-state index contributed by atoms with van der Waals surface area (Å²) in [5, 5.41) is 11.7. The van der Waals surface area contributed by atoms with Crippen LogP contribution in [0, 0.1) is 0 Å². The van der Waals surface area contributed by atoms with Crippen molar-refractivity contribution in [1.82, 2.24) is 0 Å². The molecule has 0 unspecified atom stereocenters. The van der Waals surface area contributed by atoms with E-state index in [0.29, 0.717) is 11.0 Å². The van der Waals surface area contributed by atoms with E-state index in [1.165, 1.54) is 17.3 Å². The number of anilines is 1. The number of hydrogen-bond acceptors (Lipinski definition) is 5. The fourth-order valence-electron chi connectivity index (χ4n) is 3.59. The van der Waals surface area contributed by atoms with Gasteiger partial charge in [-0.15, -0.1) is 0 Å². The van der Waals surface area contributed by atoms with Gasteiger partial charge in [-0.2, -0.15) is 0 Å². The first-order valence-electron chi connectivity index (χ1n) is 7.24. The van der Waals surface area contributed by atoms with Crippen LogP contribution in [0.3, 0.4) is 0 Å². The summed E-state index contributed by atoms with van der Waals surface area (Å²) >= 11 is 0. The van der Waals surface area contributed by atoms with Gasteiger partial charge in [-0.1, -0.05) is 0 Å². The molecule has 5 nitrogen and oxygen atoms in total. The van der Waals surface area contributed by atoms with Crippen LogP contribution in [0.4, 0.5) is 5.69 Å². The number of fused-ring (bicyclic) bond motifs is 2. The SMILES string of the molecule is O=C([O-])c1cc2cc3c4c(c2oc1=O)CCCN4CCC3. The lowest BCUT2D eigenvalue weighted by molar-refractivity contribution is -0.255. The summed E-state index contributed by atoms with van der Waals surface area (Å²) in [6.45, 7) is 2.07. The first-order chi connectivity index (χ1) is 10.1. The van der Waals surface area contributed by atoms with Gasteiger partial charge in [-0.3, -0.25) is 0 Å². The molecule has 1 aromatic carbocycles. The number of aryl methyl sites for hydroxylation is 2. The number of nitrogens with zero attached hydrogens (tertiary/aromatic N) is 1. The molecule has 0 fully saturated rings. The van der Waals surface area contributed by atoms with Crippen molar-refractivity contribution >= 4 is 22.6 Å². The smallest absolute Gasteiger partial charge is 0.345 e. The monoisotopic (exact) mass is 284 g/mol. The van der Waals surface area contributed by atoms with E-state index < -0.39 is 17.2 Å². The zero-order valence-corrected chi connectivity index (χ0v) is 11.5. The molecule has 0 spiro atoms. The molecule has 5 heteroatoms. The zero-order valence-electron chi connectivity index (χ0n) is 11.5. The van der Waals surface area contributed by atoms with Gasteiger partial charge in [0.25, 0.3) is 0 Å². The van der Waals surface area contributed by atoms with Crippen LogP contribution in [-0.2, 0) is 12.8 Å². The van der Waals surface area contributed by atoms with Crippen molar-refractivity contribution in [3.63, 3.8) is 0 Å². The van der Waals surface area contributed by atoms with E-state index in [1.807, 2.05) is 6.07 Å². The molecule has 0 bridgehead atoms. The fraction of sp³-hybridized carbons (Fsp3) is 0.375. The van der Waals surface area contributed by atoms with Gasteiger partial charge < -0.3 is 19.2 Å². The highest BCUT2D eigenvalue weighted by molar-refractivity contribution is 5.94. The van der Waals surface area contributed by atoms with E-state index >= 15 is 0 Å². The predicted molar refractivity (Wildman–Crippen MR) is 75.7 cm³/mol. The highest BCUT2D eigenvalue weighted by atomic mass is 16.4. The predicted octanol–water partition coefficient (Wildman–Crippen LogP) is 0.855. The third-order valence-electron chi connectivity index (χ3n) is 4.44. The second-order valence-electron chi connectivity index (χ2n) is 5.71. The van der Waals surface area contributed by atoms with Crippen molar-refractivity contribution in [1.29, 1.82) is 0 Å². The number of hydrogen-bond donors (Lipinski definition) is 0. The number of carbonyl (C=O) groups is 1. The Morgan fingerprint density at radius 2 is 1.95 bits per heavy atom. The lowest BCUT2D eigenvalue weighted by Crippen LogP contribution is -2.34. The Kier molecular flexibility index (Phi) is 2.58. The molecule has 0 radical (unpaired) electrons. The van der Waals surface area contributed by atoms with Crippen molar-refractivity contribution in [2.45, 2.75) is 25.7 Å². The summed E-state index contributed by atoms with van der Waals surface area (Å²) in [5.41, 5.74) is 2.78. The maximum Gasteiger partial charge on any atom is 0.345 e. The third-order valence-corrected chi connectivity index (χ3v) is 4.44. The molecular weight excluding hydrogens is 270 g/mol. The average molecular weight is 284 g/mol. The molecule has 2 aliphatic heterocycles. The average Bonchev–Trinajstić information content (AvgIpc) is 2.48. The molecule has 1 aromatic heterocycles. The Hall–Kier alpha value is -2.30. The first-order valence-corrected chi connectivity index (χ1v) is 7.24. The van der Waals surface area contributed by atoms with Crippen LogP contribution in [0.25, 0.3) is 11.0 Å². The van der Waals surface area contributed by atoms with E-state index in [0.717, 1.165) is 44.3 Å². The van der Waals surface area contributed by atoms with Gasteiger partial charge in [0.15, 0.2) is 0 Å². The second kappa shape index (κ2) is 4.35. The first kappa shape index (κ1) is 12.4. The van der Waals surface area contributed by atoms with Crippen LogP contribution in [0.5, 0.6) is 0 Å². The van der Waals surface area contributed by atoms with Crippen LogP contribution in [0.15, 0.2) is 21.3 Å². The minimum Gasteiger partial charge on any atom is -0.545 e. The van der Waals surface area contributed by atoms with Gasteiger partial charge in [-0.25, -0.2) is 4.79 Å². The van der Waals surface area contributed by atoms with Crippen molar-refractivity contribution < 1.29 is 14.3 Å². The lowest BCUT2D eigenvalue weighted by atomic mass is 9.90. The molecule has 4 rings (SSSR count). The summed E-state index contributed by atoms with van der Waals surface area (Å²) in [6, 6.07) is 3.35. The summed E-state index contributed by atoms with van der Waals surface area (Å²) in [5.74, 6) is -1.49. The molecule has 0 N–H and O–H groups in total. The van der Waals surface area contributed by atoms with Crippen LogP contribution in [0.2, 0.25) is 0 Å². The summed E-state index contributed by atoms with van der Waals surface area (Å²) in [7, 11) is 0. The maximum absolute atomic E-state index is 11.8. The molecule has 3 heterocycles. The van der Waals surface area contributed by atoms with Gasteiger partial charge >= 0.3 is 5.63 Å². The molecule has 0 saturated heterocycles. The zero-order chi connectivity index (χ0) is 14.6. The van der Waals surface area contributed by atoms with Gasteiger partial charge in [0, 0.05) is 29.7 Å². The molecule has 108 valence electrons. The number of carboxylic acid groups (broad SMARTS) is 1. The molecule has 0 aliphatic carbocycles. The van der Waals surface area contributed by atoms with E-state index in [-0.39, 0.29) is 0 Å². The lowest BCUT2D eigenvalue weighted by Gasteiger charge is -2.37. The minimum absolute atomic E-state index is 0.405. The fourth-order valence-corrected chi connectivity index (χ4v) is 3.59. The molecular formula is C16H14NO4-. The molecule has 21 heavy (non-hydrogen) atoms. The maximum atomic E-state index is 11.8. The van der Waals surface area contributed by atoms with Gasteiger partial charge in [0.2, 0.25) is 0 Å². The standard InChI is InChI=1S/C16H15NO4/c18-15(19)12-8-10-7-9-3-1-5-17-6-2-4-11(13(9)17)14(10)21-16(12)20/h7-8H,1-6H2,(H,18,19)/p-1. The molecule has 0 amide bonds. The summed E-state index contributed by atoms with van der Waals surface area (Å²) in [6.07, 6.45) is 3.97. The van der Waals surface area contributed by atoms with Crippen LogP contribution < -0.4 is 15.6 Å². The van der Waals surface area contributed by atoms with Crippen molar-refractivity contribution in [2.75, 3.05) is 18.0 Å². The minimum atomic E-state index is -1.49. The van der Waals surface area contributed by atoms with Crippen LogP contribution >= 0.6 is 0 Å². The number of carboxylic acids is 1. The van der Waals surface area contributed by atoms with Crippen LogP contribution in [0.1, 0.15) is 34.3 Å². The van der Waals surface area contributed by atoms with Gasteiger partial charge in [-0.05, 0) is 43.4 Å². The van der Waals surface area contributed by atoms with E-state index in [4.69, 9.17) is 4.42 Å². The van der Waals surface area contributed by atoms with Gasteiger partial charge in [0.05, 0.1) is 11.5 Å². The normalized spacial score (nSPS) is 16.9. The Morgan fingerprint density at radius 3 is 2.71 bits per heavy atom. The highest BCUT2D eigenvalue weighted by Gasteiger charge is 2.27. The number of aromatic carboxylic acids is 1. The number of carbonyl (C=O) groups excluding carboxylic acids is 1. The Bertz CT molecular complexity index is 819. The second-order valence-corrected chi connectivity index (χ2v) is 5.71. The van der Waals surface area contributed by atoms with Crippen molar-refractivity contribution in [2.24, 2.45) is 0 Å². The molecule has 0 atom stereocenters. The van der Waals surface area contributed by atoms with Crippen molar-refractivity contribution in [3.05, 3.63) is 39.2 Å². The van der Waals surface area contributed by atoms with E-state index in [1.54, 1.807) is 0 Å². The quantitative estimate of drug-likeness (QED) is 0.726. The Labute approximate surface area is 120 Å². The van der Waals surface area contributed by atoms with E-state index in [2.05, 4.69) is 4.90 Å². The summed E-state index contributed by atoms with van der Waals surface area (Å²) < 4.78 is 5.32. The highest BCUT2D eigenvalue weighted by Crippen LogP contribution is 2.39. The van der Waals surface area contributed by atoms with Gasteiger partial charge in [0.1, 0.15) is 5.58 Å². The topological polar surface area (TPSA) is 73.6 Å². The molecule has 2 aromatic rings. The summed E-state index contributed by atoms with van der Waals surface area (Å²) in [4.78, 5) is 25.2.